The van der Waals surface area contributed by atoms with Crippen molar-refractivity contribution in [3.8, 4) is 0 Å². The number of carbonyl (C=O) groups is 1. The van der Waals surface area contributed by atoms with Crippen LogP contribution in [0.4, 0.5) is 0 Å². The fourth-order valence-corrected chi connectivity index (χ4v) is 5.39. The Labute approximate surface area is 168 Å². The highest BCUT2D eigenvalue weighted by molar-refractivity contribution is 7.88. The van der Waals surface area contributed by atoms with Gasteiger partial charge in [0.05, 0.1) is 18.6 Å². The maximum absolute atomic E-state index is 12.7. The van der Waals surface area contributed by atoms with Gasteiger partial charge in [-0.25, -0.2) is 12.7 Å². The smallest absolute Gasteiger partial charge is 0.223 e. The van der Waals surface area contributed by atoms with Gasteiger partial charge in [0.1, 0.15) is 5.76 Å². The van der Waals surface area contributed by atoms with E-state index in [1.165, 1.54) is 4.31 Å². The van der Waals surface area contributed by atoms with Gasteiger partial charge in [0.2, 0.25) is 15.9 Å². The van der Waals surface area contributed by atoms with Crippen LogP contribution >= 0.6 is 23.2 Å². The first-order chi connectivity index (χ1) is 12.9. The Morgan fingerprint density at radius 3 is 2.41 bits per heavy atom. The molecule has 1 N–H and O–H groups in total. The van der Waals surface area contributed by atoms with Gasteiger partial charge in [-0.3, -0.25) is 4.79 Å². The van der Waals surface area contributed by atoms with E-state index in [4.69, 9.17) is 27.6 Å². The molecule has 0 atom stereocenters. The van der Waals surface area contributed by atoms with Crippen molar-refractivity contribution < 1.29 is 17.6 Å². The molecule has 9 heteroatoms. The molecule has 0 saturated carbocycles. The van der Waals surface area contributed by atoms with Gasteiger partial charge in [0, 0.05) is 34.6 Å². The number of hydrogen-bond donors (Lipinski definition) is 1. The first kappa shape index (κ1) is 20.2. The third kappa shape index (κ3) is 5.04. The Kier molecular flexibility index (Phi) is 6.47. The van der Waals surface area contributed by atoms with Gasteiger partial charge in [0.25, 0.3) is 0 Å². The normalized spacial score (nSPS) is 16.4. The number of rotatable bonds is 6. The van der Waals surface area contributed by atoms with E-state index in [9.17, 15) is 13.2 Å². The fraction of sp³-hybridized carbons (Fsp3) is 0.389. The van der Waals surface area contributed by atoms with Gasteiger partial charge in [-0.05, 0) is 37.1 Å². The highest BCUT2D eigenvalue weighted by Gasteiger charge is 2.31. The van der Waals surface area contributed by atoms with E-state index in [0.717, 1.165) is 0 Å². The zero-order chi connectivity index (χ0) is 19.4. The summed E-state index contributed by atoms with van der Waals surface area (Å²) in [4.78, 5) is 12.3. The van der Waals surface area contributed by atoms with E-state index < -0.39 is 10.0 Å². The van der Waals surface area contributed by atoms with Crippen LogP contribution < -0.4 is 5.32 Å². The maximum Gasteiger partial charge on any atom is 0.223 e. The quantitative estimate of drug-likeness (QED) is 0.760. The van der Waals surface area contributed by atoms with Gasteiger partial charge < -0.3 is 9.73 Å². The van der Waals surface area contributed by atoms with E-state index in [1.807, 2.05) is 0 Å². The minimum atomic E-state index is -3.56. The van der Waals surface area contributed by atoms with Crippen molar-refractivity contribution in [1.82, 2.24) is 9.62 Å². The Morgan fingerprint density at radius 1 is 1.15 bits per heavy atom. The molecule has 0 bridgehead atoms. The first-order valence-electron chi connectivity index (χ1n) is 8.57. The van der Waals surface area contributed by atoms with Crippen molar-refractivity contribution in [2.24, 2.45) is 5.92 Å². The topological polar surface area (TPSA) is 79.6 Å². The van der Waals surface area contributed by atoms with Gasteiger partial charge in [-0.1, -0.05) is 29.3 Å². The molecular weight excluding hydrogens is 411 g/mol. The molecule has 0 radical (unpaired) electrons. The van der Waals surface area contributed by atoms with Crippen molar-refractivity contribution in [3.05, 3.63) is 58.0 Å². The van der Waals surface area contributed by atoms with Crippen molar-refractivity contribution in [3.63, 3.8) is 0 Å². The van der Waals surface area contributed by atoms with Crippen LogP contribution in [0, 0.1) is 5.92 Å². The molecule has 6 nitrogen and oxygen atoms in total. The van der Waals surface area contributed by atoms with Crippen molar-refractivity contribution >= 4 is 39.1 Å². The van der Waals surface area contributed by atoms with Gasteiger partial charge in [-0.2, -0.15) is 0 Å². The zero-order valence-corrected chi connectivity index (χ0v) is 16.9. The molecule has 1 aliphatic heterocycles. The molecule has 1 fully saturated rings. The summed E-state index contributed by atoms with van der Waals surface area (Å²) in [5, 5.41) is 3.49. The standard InChI is InChI=1S/C18H20Cl2N2O4S/c19-16-4-1-5-17(20)15(16)12-27(24,25)22-8-6-13(7-9-22)18(23)21-11-14-3-2-10-26-14/h1-5,10,13H,6-9,11-12H2,(H,21,23). The van der Waals surface area contributed by atoms with Gasteiger partial charge in [0.15, 0.2) is 0 Å². The summed E-state index contributed by atoms with van der Waals surface area (Å²) in [6.07, 6.45) is 2.50. The number of carbonyl (C=O) groups excluding carboxylic acids is 1. The number of nitrogens with one attached hydrogen (secondary N) is 1. The number of piperidine rings is 1. The van der Waals surface area contributed by atoms with E-state index >= 15 is 0 Å². The Bertz CT molecular complexity index is 872. The van der Waals surface area contributed by atoms with Crippen LogP contribution in [0.5, 0.6) is 0 Å². The van der Waals surface area contributed by atoms with Crippen LogP contribution in [0.15, 0.2) is 41.0 Å². The number of sulfonamides is 1. The maximum atomic E-state index is 12.7. The summed E-state index contributed by atoms with van der Waals surface area (Å²) in [5.74, 6) is 0.133. The molecule has 27 heavy (non-hydrogen) atoms. The molecule has 146 valence electrons. The molecule has 1 amide bonds. The SMILES string of the molecule is O=C(NCc1ccco1)C1CCN(S(=O)(=O)Cc2c(Cl)cccc2Cl)CC1. The van der Waals surface area contributed by atoms with Crippen LogP contribution in [0.1, 0.15) is 24.2 Å². The zero-order valence-electron chi connectivity index (χ0n) is 14.5. The van der Waals surface area contributed by atoms with E-state index in [0.29, 0.717) is 53.8 Å². The van der Waals surface area contributed by atoms with Crippen LogP contribution in [-0.2, 0) is 27.1 Å². The molecule has 2 aromatic rings. The second-order valence-electron chi connectivity index (χ2n) is 6.43. The average Bonchev–Trinajstić information content (AvgIpc) is 3.17. The molecule has 1 aromatic heterocycles. The lowest BCUT2D eigenvalue weighted by Crippen LogP contribution is -2.43. The van der Waals surface area contributed by atoms with Crippen LogP contribution in [0.3, 0.4) is 0 Å². The second kappa shape index (κ2) is 8.65. The van der Waals surface area contributed by atoms with Gasteiger partial charge in [-0.15, -0.1) is 0 Å². The summed E-state index contributed by atoms with van der Waals surface area (Å²) >= 11 is 12.2. The van der Waals surface area contributed by atoms with E-state index in [-0.39, 0.29) is 17.6 Å². The first-order valence-corrected chi connectivity index (χ1v) is 10.9. The molecule has 1 aromatic carbocycles. The highest BCUT2D eigenvalue weighted by Crippen LogP contribution is 2.29. The van der Waals surface area contributed by atoms with Crippen LogP contribution in [-0.4, -0.2) is 31.7 Å². The number of furan rings is 1. The summed E-state index contributed by atoms with van der Waals surface area (Å²) < 4.78 is 32.0. The predicted octanol–water partition coefficient (Wildman–Crippen LogP) is 3.44. The molecule has 0 aliphatic carbocycles. The lowest BCUT2D eigenvalue weighted by molar-refractivity contribution is -0.126. The summed E-state index contributed by atoms with van der Waals surface area (Å²) in [7, 11) is -3.56. The Balaban J connectivity index is 1.55. The number of halogens is 2. The Morgan fingerprint density at radius 2 is 1.81 bits per heavy atom. The molecule has 0 spiro atoms. The lowest BCUT2D eigenvalue weighted by atomic mass is 9.97. The largest absolute Gasteiger partial charge is 0.467 e. The van der Waals surface area contributed by atoms with Crippen molar-refractivity contribution in [1.29, 1.82) is 0 Å². The summed E-state index contributed by atoms with van der Waals surface area (Å²) in [5.41, 5.74) is 0.402. The van der Waals surface area contributed by atoms with Gasteiger partial charge >= 0.3 is 0 Å². The van der Waals surface area contributed by atoms with Crippen LogP contribution in [0.25, 0.3) is 0 Å². The van der Waals surface area contributed by atoms with Crippen LogP contribution in [0.2, 0.25) is 10.0 Å². The van der Waals surface area contributed by atoms with E-state index in [2.05, 4.69) is 5.32 Å². The minimum Gasteiger partial charge on any atom is -0.467 e. The molecular formula is C18H20Cl2N2O4S. The highest BCUT2D eigenvalue weighted by atomic mass is 35.5. The molecule has 3 rings (SSSR count). The molecule has 2 heterocycles. The number of hydrogen-bond acceptors (Lipinski definition) is 4. The van der Waals surface area contributed by atoms with Crippen molar-refractivity contribution in [2.45, 2.75) is 25.1 Å². The number of amides is 1. The lowest BCUT2D eigenvalue weighted by Gasteiger charge is -2.30. The fourth-order valence-electron chi connectivity index (χ4n) is 3.07. The predicted molar refractivity (Wildman–Crippen MR) is 104 cm³/mol. The minimum absolute atomic E-state index is 0.0856. The summed E-state index contributed by atoms with van der Waals surface area (Å²) in [6, 6.07) is 8.46. The summed E-state index contributed by atoms with van der Waals surface area (Å²) in [6.45, 7) is 0.918. The third-order valence-corrected chi connectivity index (χ3v) is 7.14. The number of nitrogens with zero attached hydrogens (tertiary/aromatic N) is 1. The monoisotopic (exact) mass is 430 g/mol. The third-order valence-electron chi connectivity index (χ3n) is 4.62. The molecule has 1 saturated heterocycles. The average molecular weight is 431 g/mol. The number of benzene rings is 1. The molecule has 1 aliphatic rings. The van der Waals surface area contributed by atoms with E-state index in [1.54, 1.807) is 36.6 Å². The second-order valence-corrected chi connectivity index (χ2v) is 9.21. The molecule has 0 unspecified atom stereocenters. The Hall–Kier alpha value is -1.54. The van der Waals surface area contributed by atoms with Crippen molar-refractivity contribution in [2.75, 3.05) is 13.1 Å².